The Morgan fingerprint density at radius 2 is 1.56 bits per heavy atom. The van der Waals surface area contributed by atoms with Gasteiger partial charge in [0.15, 0.2) is 0 Å². The van der Waals surface area contributed by atoms with E-state index < -0.39 is 11.9 Å². The van der Waals surface area contributed by atoms with Crippen molar-refractivity contribution in [2.45, 2.75) is 19.3 Å². The van der Waals surface area contributed by atoms with Crippen molar-refractivity contribution in [2.75, 3.05) is 0 Å². The van der Waals surface area contributed by atoms with E-state index in [1.807, 2.05) is 42.5 Å². The molecule has 0 aliphatic rings. The Hall–Kier alpha value is -2.09. The van der Waals surface area contributed by atoms with Gasteiger partial charge in [0, 0.05) is 0 Å². The van der Waals surface area contributed by atoms with Crippen LogP contribution < -0.4 is 0 Å². The van der Waals surface area contributed by atoms with Crippen LogP contribution in [-0.2, 0) is 11.2 Å². The number of aliphatic carboxylic acids is 1. The van der Waals surface area contributed by atoms with Crippen LogP contribution in [0.4, 0.5) is 0 Å². The van der Waals surface area contributed by atoms with Gasteiger partial charge in [0.05, 0.1) is 5.92 Å². The highest BCUT2D eigenvalue weighted by Crippen LogP contribution is 2.17. The zero-order chi connectivity index (χ0) is 13.0. The molecule has 0 amide bonds. The van der Waals surface area contributed by atoms with Gasteiger partial charge >= 0.3 is 5.97 Å². The SMILES string of the molecule is C[C@@H](C(=O)O)c1ccc(Cc2ccccc2)cc1. The number of benzene rings is 2. The number of hydrogen-bond donors (Lipinski definition) is 1. The second kappa shape index (κ2) is 5.50. The Bertz CT molecular complexity index is 515. The van der Waals surface area contributed by atoms with Crippen LogP contribution in [0.2, 0.25) is 0 Å². The summed E-state index contributed by atoms with van der Waals surface area (Å²) in [5.74, 6) is -1.23. The summed E-state index contributed by atoms with van der Waals surface area (Å²) in [5.41, 5.74) is 3.30. The molecule has 18 heavy (non-hydrogen) atoms. The van der Waals surface area contributed by atoms with Crippen molar-refractivity contribution in [2.24, 2.45) is 0 Å². The molecule has 92 valence electrons. The molecule has 2 nitrogen and oxygen atoms in total. The number of carboxylic acid groups (broad SMARTS) is 1. The molecule has 1 atom stereocenters. The molecule has 0 saturated carbocycles. The Morgan fingerprint density at radius 3 is 2.11 bits per heavy atom. The van der Waals surface area contributed by atoms with E-state index in [0.29, 0.717) is 0 Å². The number of carbonyl (C=O) groups is 1. The summed E-state index contributed by atoms with van der Waals surface area (Å²) in [7, 11) is 0. The first-order valence-electron chi connectivity index (χ1n) is 6.02. The van der Waals surface area contributed by atoms with Gasteiger partial charge in [-0.05, 0) is 30.0 Å². The fraction of sp³-hybridized carbons (Fsp3) is 0.188. The van der Waals surface area contributed by atoms with E-state index in [-0.39, 0.29) is 0 Å². The smallest absolute Gasteiger partial charge is 0.310 e. The van der Waals surface area contributed by atoms with Crippen molar-refractivity contribution >= 4 is 5.97 Å². The van der Waals surface area contributed by atoms with Crippen LogP contribution in [0.3, 0.4) is 0 Å². The average Bonchev–Trinajstić information content (AvgIpc) is 2.40. The lowest BCUT2D eigenvalue weighted by Crippen LogP contribution is -2.07. The van der Waals surface area contributed by atoms with Crippen LogP contribution >= 0.6 is 0 Å². The van der Waals surface area contributed by atoms with Crippen molar-refractivity contribution < 1.29 is 9.90 Å². The molecule has 0 unspecified atom stereocenters. The lowest BCUT2D eigenvalue weighted by Gasteiger charge is -2.08. The third kappa shape index (κ3) is 2.98. The van der Waals surface area contributed by atoms with Crippen molar-refractivity contribution in [3.8, 4) is 0 Å². The van der Waals surface area contributed by atoms with E-state index in [4.69, 9.17) is 5.11 Å². The summed E-state index contributed by atoms with van der Waals surface area (Å²) in [5, 5.41) is 8.94. The van der Waals surface area contributed by atoms with Gasteiger partial charge in [-0.2, -0.15) is 0 Å². The Balaban J connectivity index is 2.11. The highest BCUT2D eigenvalue weighted by molar-refractivity contribution is 5.75. The standard InChI is InChI=1S/C16H16O2/c1-12(16(17)18)15-9-7-14(8-10-15)11-13-5-3-2-4-6-13/h2-10,12H,11H2,1H3,(H,17,18)/t12-/m1/s1. The summed E-state index contributed by atoms with van der Waals surface area (Å²) in [4.78, 5) is 10.9. The Kier molecular flexibility index (Phi) is 3.78. The first-order valence-corrected chi connectivity index (χ1v) is 6.02. The van der Waals surface area contributed by atoms with Crippen molar-refractivity contribution in [3.05, 3.63) is 71.3 Å². The van der Waals surface area contributed by atoms with E-state index >= 15 is 0 Å². The molecule has 0 spiro atoms. The zero-order valence-corrected chi connectivity index (χ0v) is 10.3. The van der Waals surface area contributed by atoms with Gasteiger partial charge in [0.25, 0.3) is 0 Å². The number of rotatable bonds is 4. The molecule has 0 heterocycles. The molecule has 0 fully saturated rings. The van der Waals surface area contributed by atoms with Crippen molar-refractivity contribution in [3.63, 3.8) is 0 Å². The summed E-state index contributed by atoms with van der Waals surface area (Å²) in [6, 6.07) is 18.0. The molecular formula is C16H16O2. The molecule has 0 radical (unpaired) electrons. The average molecular weight is 240 g/mol. The minimum Gasteiger partial charge on any atom is -0.481 e. The van der Waals surface area contributed by atoms with E-state index in [1.54, 1.807) is 6.92 Å². The Morgan fingerprint density at radius 1 is 1.00 bits per heavy atom. The third-order valence-electron chi connectivity index (χ3n) is 3.10. The van der Waals surface area contributed by atoms with Gasteiger partial charge in [0.1, 0.15) is 0 Å². The summed E-state index contributed by atoms with van der Waals surface area (Å²) < 4.78 is 0. The molecule has 0 bridgehead atoms. The molecule has 0 aliphatic heterocycles. The maximum Gasteiger partial charge on any atom is 0.310 e. The molecule has 0 saturated heterocycles. The fourth-order valence-electron chi connectivity index (χ4n) is 1.90. The topological polar surface area (TPSA) is 37.3 Å². The number of carboxylic acids is 1. The third-order valence-corrected chi connectivity index (χ3v) is 3.10. The summed E-state index contributed by atoms with van der Waals surface area (Å²) in [6.45, 7) is 1.70. The predicted octanol–water partition coefficient (Wildman–Crippen LogP) is 3.47. The largest absolute Gasteiger partial charge is 0.481 e. The van der Waals surface area contributed by atoms with Gasteiger partial charge in [-0.15, -0.1) is 0 Å². The highest BCUT2D eigenvalue weighted by atomic mass is 16.4. The van der Waals surface area contributed by atoms with E-state index in [1.165, 1.54) is 11.1 Å². The lowest BCUT2D eigenvalue weighted by molar-refractivity contribution is -0.138. The first-order chi connectivity index (χ1) is 8.66. The quantitative estimate of drug-likeness (QED) is 0.888. The van der Waals surface area contributed by atoms with Crippen LogP contribution in [-0.4, -0.2) is 11.1 Å². The maximum absolute atomic E-state index is 10.9. The van der Waals surface area contributed by atoms with E-state index in [0.717, 1.165) is 12.0 Å². The van der Waals surface area contributed by atoms with Crippen LogP contribution in [0.25, 0.3) is 0 Å². The molecule has 2 heteroatoms. The molecule has 0 aromatic heterocycles. The second-order valence-corrected chi connectivity index (χ2v) is 4.46. The fourth-order valence-corrected chi connectivity index (χ4v) is 1.90. The minimum absolute atomic E-state index is 0.448. The molecule has 1 N–H and O–H groups in total. The lowest BCUT2D eigenvalue weighted by atomic mass is 9.98. The van der Waals surface area contributed by atoms with Gasteiger partial charge in [0.2, 0.25) is 0 Å². The maximum atomic E-state index is 10.9. The van der Waals surface area contributed by atoms with Gasteiger partial charge in [-0.25, -0.2) is 0 Å². The van der Waals surface area contributed by atoms with Crippen LogP contribution in [0, 0.1) is 0 Å². The normalized spacial score (nSPS) is 12.1. The monoisotopic (exact) mass is 240 g/mol. The van der Waals surface area contributed by atoms with Crippen LogP contribution in [0.5, 0.6) is 0 Å². The first kappa shape index (κ1) is 12.4. The molecule has 2 aromatic rings. The summed E-state index contributed by atoms with van der Waals surface area (Å²) in [6.07, 6.45) is 0.878. The predicted molar refractivity (Wildman–Crippen MR) is 71.7 cm³/mol. The molecule has 2 aromatic carbocycles. The summed E-state index contributed by atoms with van der Waals surface area (Å²) >= 11 is 0. The molecular weight excluding hydrogens is 224 g/mol. The van der Waals surface area contributed by atoms with Crippen molar-refractivity contribution in [1.82, 2.24) is 0 Å². The van der Waals surface area contributed by atoms with Gasteiger partial charge in [-0.3, -0.25) is 4.79 Å². The zero-order valence-electron chi connectivity index (χ0n) is 10.3. The second-order valence-electron chi connectivity index (χ2n) is 4.46. The van der Waals surface area contributed by atoms with Crippen LogP contribution in [0.1, 0.15) is 29.5 Å². The van der Waals surface area contributed by atoms with E-state index in [2.05, 4.69) is 12.1 Å². The molecule has 2 rings (SSSR count). The van der Waals surface area contributed by atoms with Gasteiger partial charge < -0.3 is 5.11 Å². The highest BCUT2D eigenvalue weighted by Gasteiger charge is 2.12. The van der Waals surface area contributed by atoms with E-state index in [9.17, 15) is 4.79 Å². The van der Waals surface area contributed by atoms with Gasteiger partial charge in [-0.1, -0.05) is 54.6 Å². The number of hydrogen-bond acceptors (Lipinski definition) is 1. The Labute approximate surface area is 107 Å². The van der Waals surface area contributed by atoms with Crippen molar-refractivity contribution in [1.29, 1.82) is 0 Å². The molecule has 0 aliphatic carbocycles. The van der Waals surface area contributed by atoms with Crippen LogP contribution in [0.15, 0.2) is 54.6 Å². The minimum atomic E-state index is -0.786.